The highest BCUT2D eigenvalue weighted by Gasteiger charge is 2.47. The zero-order valence-electron chi connectivity index (χ0n) is 9.30. The van der Waals surface area contributed by atoms with Crippen molar-refractivity contribution in [1.29, 1.82) is 0 Å². The Bertz CT molecular complexity index is 408. The van der Waals surface area contributed by atoms with Gasteiger partial charge in [0.15, 0.2) is 0 Å². The lowest BCUT2D eigenvalue weighted by Gasteiger charge is -2.50. The van der Waals surface area contributed by atoms with Crippen molar-refractivity contribution in [3.8, 4) is 0 Å². The summed E-state index contributed by atoms with van der Waals surface area (Å²) in [5.74, 6) is -0.220. The van der Waals surface area contributed by atoms with E-state index in [-0.39, 0.29) is 23.4 Å². The predicted molar refractivity (Wildman–Crippen MR) is 70.9 cm³/mol. The maximum atomic E-state index is 12.9. The Morgan fingerprint density at radius 3 is 2.69 bits per heavy atom. The van der Waals surface area contributed by atoms with Gasteiger partial charge in [-0.05, 0) is 47.2 Å². The number of aliphatic hydroxyl groups is 1. The molecule has 16 heavy (non-hydrogen) atoms. The summed E-state index contributed by atoms with van der Waals surface area (Å²) in [5, 5.41) is 13.0. The van der Waals surface area contributed by atoms with Gasteiger partial charge in [-0.25, -0.2) is 4.39 Å². The number of anilines is 1. The van der Waals surface area contributed by atoms with Crippen LogP contribution in [0.15, 0.2) is 18.2 Å². The smallest absolute Gasteiger partial charge is 0.124 e. The van der Waals surface area contributed by atoms with Crippen molar-refractivity contribution in [2.75, 3.05) is 5.32 Å². The minimum atomic E-state index is -0.247. The summed E-state index contributed by atoms with van der Waals surface area (Å²) in [6.07, 6.45) is 0.503. The van der Waals surface area contributed by atoms with Crippen LogP contribution in [0.4, 0.5) is 10.1 Å². The highest BCUT2D eigenvalue weighted by Crippen LogP contribution is 2.42. The van der Waals surface area contributed by atoms with Crippen LogP contribution in [0.1, 0.15) is 20.3 Å². The lowest BCUT2D eigenvalue weighted by molar-refractivity contribution is -0.0510. The molecule has 1 aliphatic rings. The third-order valence-electron chi connectivity index (χ3n) is 3.48. The number of hydrogen-bond acceptors (Lipinski definition) is 2. The fraction of sp³-hybridized carbons (Fsp3) is 0.500. The average Bonchev–Trinajstić information content (AvgIpc) is 2.21. The Kier molecular flexibility index (Phi) is 3.13. The first kappa shape index (κ1) is 12.1. The van der Waals surface area contributed by atoms with E-state index in [9.17, 15) is 9.50 Å². The van der Waals surface area contributed by atoms with E-state index >= 15 is 0 Å². The molecule has 0 radical (unpaired) electrons. The van der Waals surface area contributed by atoms with Crippen LogP contribution in [0.5, 0.6) is 0 Å². The van der Waals surface area contributed by atoms with E-state index in [1.807, 2.05) is 13.8 Å². The Hall–Kier alpha value is -0.360. The summed E-state index contributed by atoms with van der Waals surface area (Å²) in [4.78, 5) is 0. The van der Waals surface area contributed by atoms with Crippen molar-refractivity contribution in [2.24, 2.45) is 5.41 Å². The third-order valence-corrected chi connectivity index (χ3v) is 4.37. The van der Waals surface area contributed by atoms with Gasteiger partial charge in [0.25, 0.3) is 0 Å². The Labute approximate surface area is 108 Å². The molecule has 4 heteroatoms. The summed E-state index contributed by atoms with van der Waals surface area (Å²) in [6, 6.07) is 4.96. The van der Waals surface area contributed by atoms with Gasteiger partial charge in [0, 0.05) is 20.7 Å². The predicted octanol–water partition coefficient (Wildman–Crippen LogP) is 3.00. The van der Waals surface area contributed by atoms with Gasteiger partial charge in [0.05, 0.1) is 6.10 Å². The number of rotatable bonds is 2. The SMILES string of the molecule is CC1(C)C(O)CC1Nc1ccc(F)cc1I. The number of nitrogens with one attached hydrogen (secondary N) is 1. The molecule has 0 saturated heterocycles. The molecule has 2 N–H and O–H groups in total. The maximum absolute atomic E-state index is 12.9. The van der Waals surface area contributed by atoms with Crippen molar-refractivity contribution >= 4 is 28.3 Å². The lowest BCUT2D eigenvalue weighted by atomic mass is 9.64. The fourth-order valence-electron chi connectivity index (χ4n) is 1.94. The van der Waals surface area contributed by atoms with E-state index in [0.29, 0.717) is 0 Å². The minimum Gasteiger partial charge on any atom is -0.392 e. The molecule has 1 fully saturated rings. The molecule has 2 atom stereocenters. The molecular weight excluding hydrogens is 320 g/mol. The molecule has 0 aromatic heterocycles. The topological polar surface area (TPSA) is 32.3 Å². The zero-order valence-corrected chi connectivity index (χ0v) is 11.5. The molecule has 1 saturated carbocycles. The Morgan fingerprint density at radius 1 is 1.50 bits per heavy atom. The van der Waals surface area contributed by atoms with E-state index in [2.05, 4.69) is 27.9 Å². The first-order valence-corrected chi connectivity index (χ1v) is 6.39. The molecule has 2 nitrogen and oxygen atoms in total. The normalized spacial score (nSPS) is 27.3. The van der Waals surface area contributed by atoms with E-state index in [1.54, 1.807) is 6.07 Å². The standard InChI is InChI=1S/C12H15FINO/c1-12(2)10(6-11(12)16)15-9-4-3-7(13)5-8(9)14/h3-5,10-11,15-16H,6H2,1-2H3. The van der Waals surface area contributed by atoms with Gasteiger partial charge in [-0.15, -0.1) is 0 Å². The van der Waals surface area contributed by atoms with Crippen molar-refractivity contribution in [1.82, 2.24) is 0 Å². The van der Waals surface area contributed by atoms with Crippen LogP contribution in [0.3, 0.4) is 0 Å². The summed E-state index contributed by atoms with van der Waals surface area (Å²) in [7, 11) is 0. The summed E-state index contributed by atoms with van der Waals surface area (Å²) >= 11 is 2.11. The van der Waals surface area contributed by atoms with Crippen LogP contribution in [0.2, 0.25) is 0 Å². The molecule has 1 aromatic carbocycles. The quantitative estimate of drug-likeness (QED) is 0.815. The summed E-state index contributed by atoms with van der Waals surface area (Å²) in [5.41, 5.74) is 0.823. The molecule has 2 rings (SSSR count). The van der Waals surface area contributed by atoms with Gasteiger partial charge in [-0.3, -0.25) is 0 Å². The van der Waals surface area contributed by atoms with Gasteiger partial charge in [0.1, 0.15) is 5.82 Å². The van der Waals surface area contributed by atoms with E-state index < -0.39 is 0 Å². The highest BCUT2D eigenvalue weighted by atomic mass is 127. The van der Waals surface area contributed by atoms with Crippen LogP contribution < -0.4 is 5.32 Å². The lowest BCUT2D eigenvalue weighted by Crippen LogP contribution is -2.57. The number of aliphatic hydroxyl groups excluding tert-OH is 1. The summed E-state index contributed by atoms with van der Waals surface area (Å²) < 4.78 is 13.8. The van der Waals surface area contributed by atoms with Gasteiger partial charge in [-0.1, -0.05) is 13.8 Å². The van der Waals surface area contributed by atoms with Crippen LogP contribution in [-0.4, -0.2) is 17.3 Å². The second kappa shape index (κ2) is 4.14. The van der Waals surface area contributed by atoms with Gasteiger partial charge in [0.2, 0.25) is 0 Å². The number of hydrogen-bond donors (Lipinski definition) is 2. The third kappa shape index (κ3) is 2.05. The monoisotopic (exact) mass is 335 g/mol. The second-order valence-electron chi connectivity index (χ2n) is 4.89. The number of benzene rings is 1. The molecule has 0 aliphatic heterocycles. The Morgan fingerprint density at radius 2 is 2.19 bits per heavy atom. The maximum Gasteiger partial charge on any atom is 0.124 e. The van der Waals surface area contributed by atoms with E-state index in [4.69, 9.17) is 0 Å². The molecule has 0 amide bonds. The van der Waals surface area contributed by atoms with Gasteiger partial charge in [-0.2, -0.15) is 0 Å². The largest absolute Gasteiger partial charge is 0.392 e. The summed E-state index contributed by atoms with van der Waals surface area (Å²) in [6.45, 7) is 4.07. The van der Waals surface area contributed by atoms with Crippen LogP contribution in [0.25, 0.3) is 0 Å². The zero-order chi connectivity index (χ0) is 11.9. The molecule has 88 valence electrons. The highest BCUT2D eigenvalue weighted by molar-refractivity contribution is 14.1. The van der Waals surface area contributed by atoms with Crippen molar-refractivity contribution in [3.63, 3.8) is 0 Å². The van der Waals surface area contributed by atoms with E-state index in [0.717, 1.165) is 15.7 Å². The van der Waals surface area contributed by atoms with Crippen LogP contribution >= 0.6 is 22.6 Å². The molecule has 0 heterocycles. The molecule has 1 aliphatic carbocycles. The minimum absolute atomic E-state index is 0.114. The first-order valence-electron chi connectivity index (χ1n) is 5.31. The molecule has 1 aromatic rings. The van der Waals surface area contributed by atoms with Crippen LogP contribution in [-0.2, 0) is 0 Å². The molecule has 2 unspecified atom stereocenters. The molecular formula is C12H15FINO. The van der Waals surface area contributed by atoms with Gasteiger partial charge < -0.3 is 10.4 Å². The van der Waals surface area contributed by atoms with Crippen molar-refractivity contribution < 1.29 is 9.50 Å². The van der Waals surface area contributed by atoms with Crippen molar-refractivity contribution in [3.05, 3.63) is 27.6 Å². The second-order valence-corrected chi connectivity index (χ2v) is 6.06. The molecule has 0 bridgehead atoms. The Balaban J connectivity index is 2.11. The molecule has 0 spiro atoms. The fourth-order valence-corrected chi connectivity index (χ4v) is 2.57. The van der Waals surface area contributed by atoms with Crippen molar-refractivity contribution in [2.45, 2.75) is 32.4 Å². The van der Waals surface area contributed by atoms with Gasteiger partial charge >= 0.3 is 0 Å². The first-order chi connectivity index (χ1) is 7.41. The number of halogens is 2. The van der Waals surface area contributed by atoms with Crippen LogP contribution in [0, 0.1) is 14.8 Å². The average molecular weight is 335 g/mol. The van der Waals surface area contributed by atoms with E-state index in [1.165, 1.54) is 12.1 Å².